The molecular weight excluding hydrogens is 346 g/mol. The number of hydrogen-bond acceptors (Lipinski definition) is 5. The third kappa shape index (κ3) is 3.03. The Labute approximate surface area is 154 Å². The van der Waals surface area contributed by atoms with E-state index in [1.807, 2.05) is 42.5 Å². The molecule has 2 heterocycles. The zero-order valence-electron chi connectivity index (χ0n) is 13.6. The van der Waals surface area contributed by atoms with Crippen LogP contribution in [0.15, 0.2) is 60.8 Å². The van der Waals surface area contributed by atoms with Crippen LogP contribution in [0.3, 0.4) is 0 Å². The van der Waals surface area contributed by atoms with E-state index in [1.54, 1.807) is 23.0 Å². The molecule has 0 spiro atoms. The molecule has 0 amide bonds. The first-order valence-electron chi connectivity index (χ1n) is 7.87. The lowest BCUT2D eigenvalue weighted by Gasteiger charge is -2.00. The molecule has 0 saturated heterocycles. The van der Waals surface area contributed by atoms with Gasteiger partial charge in [-0.25, -0.2) is 4.68 Å². The van der Waals surface area contributed by atoms with Gasteiger partial charge in [-0.3, -0.25) is 5.10 Å². The molecule has 0 saturated carbocycles. The summed E-state index contributed by atoms with van der Waals surface area (Å²) in [5.74, 6) is 0.467. The molecule has 0 atom stereocenters. The molecule has 2 aromatic heterocycles. The average Bonchev–Trinajstić information content (AvgIpc) is 3.29. The Balaban J connectivity index is 1.59. The van der Waals surface area contributed by atoms with E-state index in [9.17, 15) is 0 Å². The molecule has 0 unspecified atom stereocenters. The van der Waals surface area contributed by atoms with Crippen molar-refractivity contribution in [2.24, 2.45) is 0 Å². The van der Waals surface area contributed by atoms with Crippen molar-refractivity contribution in [1.29, 1.82) is 5.26 Å². The maximum atomic E-state index is 8.85. The van der Waals surface area contributed by atoms with Gasteiger partial charge in [0.05, 0.1) is 29.4 Å². The second-order valence-electron chi connectivity index (χ2n) is 5.62. The molecule has 126 valence electrons. The lowest BCUT2D eigenvalue weighted by Crippen LogP contribution is -2.04. The highest BCUT2D eigenvalue weighted by Crippen LogP contribution is 2.18. The summed E-state index contributed by atoms with van der Waals surface area (Å²) in [6.07, 6.45) is 1.78. The van der Waals surface area contributed by atoms with Crippen molar-refractivity contribution in [3.63, 3.8) is 0 Å². The van der Waals surface area contributed by atoms with Crippen molar-refractivity contribution in [2.75, 3.05) is 0 Å². The summed E-state index contributed by atoms with van der Waals surface area (Å²) >= 11 is 5.54. The Bertz CT molecular complexity index is 1130. The number of H-pyrrole nitrogens is 1. The van der Waals surface area contributed by atoms with Crippen LogP contribution in [0.4, 0.5) is 0 Å². The Kier molecular flexibility index (Phi) is 4.13. The quantitative estimate of drug-likeness (QED) is 0.566. The smallest absolute Gasteiger partial charge is 0.209 e. The Morgan fingerprint density at radius 1 is 1.08 bits per heavy atom. The van der Waals surface area contributed by atoms with Crippen molar-refractivity contribution < 1.29 is 0 Å². The normalized spacial score (nSPS) is 10.6. The summed E-state index contributed by atoms with van der Waals surface area (Å²) in [6.45, 7) is 0.467. The van der Waals surface area contributed by atoms with Crippen molar-refractivity contribution in [3.8, 4) is 23.1 Å². The van der Waals surface area contributed by atoms with Gasteiger partial charge in [-0.2, -0.15) is 10.1 Å². The lowest BCUT2D eigenvalue weighted by molar-refractivity contribution is 0.573. The maximum Gasteiger partial charge on any atom is 0.209 e. The molecule has 1 N–H and O–H groups in total. The molecule has 0 aliphatic carbocycles. The Hall–Kier alpha value is -3.57. The highest BCUT2D eigenvalue weighted by molar-refractivity contribution is 7.71. The number of tetrazole rings is 1. The largest absolute Gasteiger partial charge is 0.299 e. The highest BCUT2D eigenvalue weighted by atomic mass is 32.1. The van der Waals surface area contributed by atoms with E-state index in [2.05, 4.69) is 26.6 Å². The molecule has 4 aromatic rings. The first-order chi connectivity index (χ1) is 12.7. The predicted octanol–water partition coefficient (Wildman–Crippen LogP) is 3.11. The standard InChI is InChI=1S/C18H13N7S/c19-10-13-6-8-14(9-7-13)12-24-22-17(21-23-24)16-11-20-25(18(16)26)15-4-2-1-3-5-15/h1-9,11,20H,12H2. The number of nitrogens with one attached hydrogen (secondary N) is 1. The van der Waals surface area contributed by atoms with E-state index in [1.165, 1.54) is 4.80 Å². The van der Waals surface area contributed by atoms with E-state index in [0.717, 1.165) is 16.8 Å². The fraction of sp³-hybridized carbons (Fsp3) is 0.0556. The first kappa shape index (κ1) is 15.9. The van der Waals surface area contributed by atoms with Gasteiger partial charge in [-0.05, 0) is 35.0 Å². The third-order valence-corrected chi connectivity index (χ3v) is 4.29. The van der Waals surface area contributed by atoms with E-state index >= 15 is 0 Å². The zero-order chi connectivity index (χ0) is 17.9. The number of aromatic nitrogens is 6. The molecule has 4 rings (SSSR count). The van der Waals surface area contributed by atoms with Crippen LogP contribution >= 0.6 is 12.2 Å². The van der Waals surface area contributed by atoms with Crippen LogP contribution in [0, 0.1) is 16.0 Å². The summed E-state index contributed by atoms with van der Waals surface area (Å²) < 4.78 is 2.39. The van der Waals surface area contributed by atoms with Gasteiger partial charge >= 0.3 is 0 Å². The summed E-state index contributed by atoms with van der Waals surface area (Å²) in [6, 6.07) is 19.2. The number of benzene rings is 2. The molecular formula is C18H13N7S. The molecule has 0 radical (unpaired) electrons. The van der Waals surface area contributed by atoms with E-state index in [4.69, 9.17) is 17.5 Å². The zero-order valence-corrected chi connectivity index (χ0v) is 14.4. The van der Waals surface area contributed by atoms with Crippen LogP contribution in [0.5, 0.6) is 0 Å². The predicted molar refractivity (Wildman–Crippen MR) is 98.0 cm³/mol. The molecule has 0 aliphatic heterocycles. The number of hydrogen-bond donors (Lipinski definition) is 1. The van der Waals surface area contributed by atoms with Crippen molar-refractivity contribution in [2.45, 2.75) is 6.54 Å². The molecule has 2 aromatic carbocycles. The number of nitriles is 1. The second kappa shape index (κ2) is 6.74. The molecule has 0 bridgehead atoms. The number of rotatable bonds is 4. The van der Waals surface area contributed by atoms with Gasteiger partial charge in [-0.1, -0.05) is 42.5 Å². The van der Waals surface area contributed by atoms with Crippen LogP contribution in [0.25, 0.3) is 17.1 Å². The van der Waals surface area contributed by atoms with Gasteiger partial charge in [0.15, 0.2) is 0 Å². The molecule has 0 fully saturated rings. The van der Waals surface area contributed by atoms with Gasteiger partial charge in [0.1, 0.15) is 4.64 Å². The Morgan fingerprint density at radius 2 is 1.85 bits per heavy atom. The minimum atomic E-state index is 0.467. The highest BCUT2D eigenvalue weighted by Gasteiger charge is 2.12. The minimum Gasteiger partial charge on any atom is -0.299 e. The summed E-state index contributed by atoms with van der Waals surface area (Å²) in [7, 11) is 0. The van der Waals surface area contributed by atoms with Gasteiger partial charge in [0.2, 0.25) is 5.82 Å². The maximum absolute atomic E-state index is 8.85. The van der Waals surface area contributed by atoms with Crippen molar-refractivity contribution in [3.05, 3.63) is 76.6 Å². The molecule has 0 aliphatic rings. The van der Waals surface area contributed by atoms with Gasteiger partial charge in [0, 0.05) is 6.20 Å². The van der Waals surface area contributed by atoms with Crippen molar-refractivity contribution >= 4 is 12.2 Å². The van der Waals surface area contributed by atoms with E-state index < -0.39 is 0 Å². The third-order valence-electron chi connectivity index (χ3n) is 3.89. The van der Waals surface area contributed by atoms with E-state index in [0.29, 0.717) is 22.6 Å². The fourth-order valence-corrected chi connectivity index (χ4v) is 2.87. The monoisotopic (exact) mass is 359 g/mol. The number of aromatic amines is 1. The average molecular weight is 359 g/mol. The number of para-hydroxylation sites is 1. The summed E-state index contributed by atoms with van der Waals surface area (Å²) in [5, 5.41) is 24.6. The topological polar surface area (TPSA) is 88.1 Å². The second-order valence-corrected chi connectivity index (χ2v) is 6.00. The van der Waals surface area contributed by atoms with Crippen LogP contribution in [-0.2, 0) is 6.54 Å². The van der Waals surface area contributed by atoms with Crippen molar-refractivity contribution in [1.82, 2.24) is 30.0 Å². The molecule has 26 heavy (non-hydrogen) atoms. The van der Waals surface area contributed by atoms with Gasteiger partial charge in [0.25, 0.3) is 0 Å². The van der Waals surface area contributed by atoms with Crippen LogP contribution < -0.4 is 0 Å². The fourth-order valence-electron chi connectivity index (χ4n) is 2.56. The van der Waals surface area contributed by atoms with Gasteiger partial charge < -0.3 is 0 Å². The summed E-state index contributed by atoms with van der Waals surface area (Å²) in [4.78, 5) is 1.51. The molecule has 8 heteroatoms. The van der Waals surface area contributed by atoms with Crippen LogP contribution in [-0.4, -0.2) is 30.0 Å². The SMILES string of the molecule is N#Cc1ccc(Cn2nnc(-c3c[nH]n(-c4ccccc4)c3=S)n2)cc1. The van der Waals surface area contributed by atoms with Crippen LogP contribution in [0.1, 0.15) is 11.1 Å². The van der Waals surface area contributed by atoms with Crippen LogP contribution in [0.2, 0.25) is 0 Å². The molecule has 7 nitrogen and oxygen atoms in total. The summed E-state index contributed by atoms with van der Waals surface area (Å²) in [5.41, 5.74) is 3.26. The van der Waals surface area contributed by atoms with E-state index in [-0.39, 0.29) is 0 Å². The van der Waals surface area contributed by atoms with Gasteiger partial charge in [-0.15, -0.1) is 10.2 Å². The number of nitrogens with zero attached hydrogens (tertiary/aromatic N) is 6. The minimum absolute atomic E-state index is 0.467. The Morgan fingerprint density at radius 3 is 2.58 bits per heavy atom. The lowest BCUT2D eigenvalue weighted by atomic mass is 10.1. The first-order valence-corrected chi connectivity index (χ1v) is 8.28.